The van der Waals surface area contributed by atoms with Crippen LogP contribution in [0, 0.1) is 11.3 Å². The van der Waals surface area contributed by atoms with Crippen LogP contribution in [0.3, 0.4) is 0 Å². The summed E-state index contributed by atoms with van der Waals surface area (Å²) in [5.41, 5.74) is 8.78. The maximum atomic E-state index is 8.63. The molecule has 0 heterocycles. The van der Waals surface area contributed by atoms with Crippen molar-refractivity contribution in [2.45, 2.75) is 6.92 Å². The van der Waals surface area contributed by atoms with Gasteiger partial charge in [0.05, 0.1) is 23.0 Å². The van der Waals surface area contributed by atoms with Crippen molar-refractivity contribution in [2.75, 3.05) is 17.6 Å². The molecular weight excluding hydrogens is 174 g/mol. The monoisotopic (exact) mass is 187 g/mol. The molecule has 0 fully saturated rings. The Balaban J connectivity index is 2.80. The Morgan fingerprint density at radius 3 is 2.86 bits per heavy atom. The van der Waals surface area contributed by atoms with Gasteiger partial charge >= 0.3 is 0 Å². The van der Waals surface area contributed by atoms with Crippen LogP contribution >= 0.6 is 0 Å². The van der Waals surface area contributed by atoms with E-state index in [1.165, 1.54) is 0 Å². The minimum atomic E-state index is 0.573. The van der Waals surface area contributed by atoms with E-state index in [-0.39, 0.29) is 0 Å². The molecule has 0 aromatic heterocycles. The molecule has 0 saturated heterocycles. The van der Waals surface area contributed by atoms with Gasteiger partial charge in [0.1, 0.15) is 0 Å². The number of nitrogens with two attached hydrogens (primary N) is 1. The van der Waals surface area contributed by atoms with Crippen molar-refractivity contribution in [3.63, 3.8) is 0 Å². The first kappa shape index (κ1) is 10.1. The number of nitrogens with one attached hydrogen (secondary N) is 1. The highest BCUT2D eigenvalue weighted by atomic mass is 14.9. The number of benzene rings is 1. The molecule has 0 saturated carbocycles. The molecule has 0 atom stereocenters. The van der Waals surface area contributed by atoms with Gasteiger partial charge in [-0.05, 0) is 25.1 Å². The summed E-state index contributed by atoms with van der Waals surface area (Å²) < 4.78 is 0. The summed E-state index contributed by atoms with van der Waals surface area (Å²) >= 11 is 0. The van der Waals surface area contributed by atoms with E-state index >= 15 is 0 Å². The van der Waals surface area contributed by atoms with Crippen LogP contribution in [0.25, 0.3) is 0 Å². The molecule has 1 aromatic carbocycles. The summed E-state index contributed by atoms with van der Waals surface area (Å²) in [4.78, 5) is 0. The Bertz CT molecular complexity index is 388. The molecule has 0 aliphatic heterocycles. The van der Waals surface area contributed by atoms with Crippen LogP contribution in [-0.2, 0) is 0 Å². The van der Waals surface area contributed by atoms with E-state index in [1.54, 1.807) is 18.2 Å². The maximum absolute atomic E-state index is 8.63. The Kier molecular flexibility index (Phi) is 3.14. The zero-order valence-corrected chi connectivity index (χ0v) is 8.17. The fraction of sp³-hybridized carbons (Fsp3) is 0.182. The molecule has 3 heteroatoms. The molecule has 0 unspecified atom stereocenters. The highest BCUT2D eigenvalue weighted by Gasteiger charge is 1.99. The average Bonchev–Trinajstić information content (AvgIpc) is 2.15. The van der Waals surface area contributed by atoms with E-state index < -0.39 is 0 Å². The van der Waals surface area contributed by atoms with Gasteiger partial charge in [-0.15, -0.1) is 0 Å². The van der Waals surface area contributed by atoms with Crippen molar-refractivity contribution in [3.05, 3.63) is 35.9 Å². The number of nitriles is 1. The zero-order chi connectivity index (χ0) is 10.6. The largest absolute Gasteiger partial charge is 0.397 e. The number of hydrogen-bond acceptors (Lipinski definition) is 3. The lowest BCUT2D eigenvalue weighted by atomic mass is 10.2. The minimum absolute atomic E-state index is 0.573. The highest BCUT2D eigenvalue weighted by molar-refractivity contribution is 5.68. The van der Waals surface area contributed by atoms with E-state index in [0.717, 1.165) is 11.3 Å². The minimum Gasteiger partial charge on any atom is -0.397 e. The molecule has 0 spiro atoms. The molecule has 3 N–H and O–H groups in total. The molecule has 0 amide bonds. The van der Waals surface area contributed by atoms with Crippen LogP contribution in [0.2, 0.25) is 0 Å². The Morgan fingerprint density at radius 2 is 2.36 bits per heavy atom. The highest BCUT2D eigenvalue weighted by Crippen LogP contribution is 2.19. The topological polar surface area (TPSA) is 61.8 Å². The number of nitrogen functional groups attached to an aromatic ring is 1. The smallest absolute Gasteiger partial charge is 0.0992 e. The van der Waals surface area contributed by atoms with Crippen molar-refractivity contribution in [3.8, 4) is 6.07 Å². The molecular formula is C11H13N3. The lowest BCUT2D eigenvalue weighted by molar-refractivity contribution is 1.22. The molecule has 0 aliphatic carbocycles. The molecule has 1 rings (SSSR count). The van der Waals surface area contributed by atoms with Crippen molar-refractivity contribution < 1.29 is 0 Å². The Morgan fingerprint density at radius 1 is 1.64 bits per heavy atom. The predicted octanol–water partition coefficient (Wildman–Crippen LogP) is 2.13. The van der Waals surface area contributed by atoms with E-state index in [1.807, 2.05) is 13.0 Å². The first-order valence-electron chi connectivity index (χ1n) is 4.31. The fourth-order valence-electron chi connectivity index (χ4n) is 1.04. The van der Waals surface area contributed by atoms with Crippen LogP contribution in [0.1, 0.15) is 12.5 Å². The van der Waals surface area contributed by atoms with Crippen LogP contribution in [0.4, 0.5) is 11.4 Å². The van der Waals surface area contributed by atoms with E-state index in [4.69, 9.17) is 11.0 Å². The van der Waals surface area contributed by atoms with Gasteiger partial charge in [0.15, 0.2) is 0 Å². The average molecular weight is 187 g/mol. The van der Waals surface area contributed by atoms with Gasteiger partial charge in [-0.3, -0.25) is 0 Å². The van der Waals surface area contributed by atoms with Crippen LogP contribution in [0.15, 0.2) is 30.4 Å². The van der Waals surface area contributed by atoms with Crippen LogP contribution in [0.5, 0.6) is 0 Å². The van der Waals surface area contributed by atoms with E-state index in [9.17, 15) is 0 Å². The van der Waals surface area contributed by atoms with Crippen molar-refractivity contribution in [1.82, 2.24) is 0 Å². The third kappa shape index (κ3) is 2.53. The van der Waals surface area contributed by atoms with Gasteiger partial charge in [-0.2, -0.15) is 5.26 Å². The normalized spacial score (nSPS) is 9.14. The van der Waals surface area contributed by atoms with Gasteiger partial charge in [0, 0.05) is 6.54 Å². The third-order valence-electron chi connectivity index (χ3n) is 1.76. The Hall–Kier alpha value is -1.95. The van der Waals surface area contributed by atoms with Crippen LogP contribution < -0.4 is 11.1 Å². The molecule has 1 aromatic rings. The standard InChI is InChI=1S/C11H13N3/c1-8(2)7-14-11-4-3-9(6-12)5-10(11)13/h3-5,14H,1,7,13H2,2H3. The molecule has 0 bridgehead atoms. The van der Waals surface area contributed by atoms with E-state index in [0.29, 0.717) is 17.8 Å². The summed E-state index contributed by atoms with van der Waals surface area (Å²) in [6.07, 6.45) is 0. The number of anilines is 2. The lowest BCUT2D eigenvalue weighted by Crippen LogP contribution is -2.04. The quantitative estimate of drug-likeness (QED) is 0.563. The zero-order valence-electron chi connectivity index (χ0n) is 8.17. The Labute approximate surface area is 83.8 Å². The predicted molar refractivity (Wildman–Crippen MR) is 58.9 cm³/mol. The van der Waals surface area contributed by atoms with Gasteiger partial charge in [-0.1, -0.05) is 12.2 Å². The summed E-state index contributed by atoms with van der Waals surface area (Å²) in [5, 5.41) is 11.8. The summed E-state index contributed by atoms with van der Waals surface area (Å²) in [6.45, 7) is 6.41. The second kappa shape index (κ2) is 4.33. The molecule has 14 heavy (non-hydrogen) atoms. The van der Waals surface area contributed by atoms with Gasteiger partial charge in [-0.25, -0.2) is 0 Å². The maximum Gasteiger partial charge on any atom is 0.0992 e. The van der Waals surface area contributed by atoms with Crippen molar-refractivity contribution in [1.29, 1.82) is 5.26 Å². The third-order valence-corrected chi connectivity index (χ3v) is 1.76. The second-order valence-corrected chi connectivity index (χ2v) is 3.22. The summed E-state index contributed by atoms with van der Waals surface area (Å²) in [7, 11) is 0. The summed E-state index contributed by atoms with van der Waals surface area (Å²) in [5.74, 6) is 0. The van der Waals surface area contributed by atoms with Gasteiger partial charge in [0.25, 0.3) is 0 Å². The number of nitrogens with zero attached hydrogens (tertiary/aromatic N) is 1. The van der Waals surface area contributed by atoms with Gasteiger partial charge in [0.2, 0.25) is 0 Å². The first-order chi connectivity index (χ1) is 6.63. The molecule has 3 nitrogen and oxygen atoms in total. The lowest BCUT2D eigenvalue weighted by Gasteiger charge is -2.08. The van der Waals surface area contributed by atoms with E-state index in [2.05, 4.69) is 11.9 Å². The van der Waals surface area contributed by atoms with Crippen molar-refractivity contribution >= 4 is 11.4 Å². The number of rotatable bonds is 3. The SMILES string of the molecule is C=C(C)CNc1ccc(C#N)cc1N. The van der Waals surface area contributed by atoms with Crippen LogP contribution in [-0.4, -0.2) is 6.54 Å². The second-order valence-electron chi connectivity index (χ2n) is 3.22. The summed E-state index contributed by atoms with van der Waals surface area (Å²) in [6, 6.07) is 7.22. The fourth-order valence-corrected chi connectivity index (χ4v) is 1.04. The molecule has 72 valence electrons. The van der Waals surface area contributed by atoms with Crippen molar-refractivity contribution in [2.24, 2.45) is 0 Å². The van der Waals surface area contributed by atoms with Gasteiger partial charge < -0.3 is 11.1 Å². The molecule has 0 radical (unpaired) electrons. The molecule has 0 aliphatic rings. The number of hydrogen-bond donors (Lipinski definition) is 2. The first-order valence-corrected chi connectivity index (χ1v) is 4.31.